The summed E-state index contributed by atoms with van der Waals surface area (Å²) < 4.78 is 48.7. The van der Waals surface area contributed by atoms with Crippen LogP contribution in [0.15, 0.2) is 123 Å². The Morgan fingerprint density at radius 2 is 1.72 bits per heavy atom. The van der Waals surface area contributed by atoms with Gasteiger partial charge in [0.25, 0.3) is 5.91 Å². The van der Waals surface area contributed by atoms with Crippen molar-refractivity contribution in [1.82, 2.24) is 9.29 Å². The molecule has 0 radical (unpaired) electrons. The molecule has 6 aromatic rings. The van der Waals surface area contributed by atoms with Gasteiger partial charge < -0.3 is 4.42 Å². The lowest BCUT2D eigenvalue weighted by atomic mass is 10.2. The average molecular weight is 655 g/mol. The normalized spacial score (nSPS) is 12.1. The summed E-state index contributed by atoms with van der Waals surface area (Å²) in [5.74, 6) is -1.10. The Labute approximate surface area is 267 Å². The van der Waals surface area contributed by atoms with Gasteiger partial charge in [0, 0.05) is 18.2 Å². The van der Waals surface area contributed by atoms with Crippen LogP contribution in [-0.2, 0) is 16.6 Å². The van der Waals surface area contributed by atoms with Gasteiger partial charge in [-0.25, -0.2) is 17.8 Å². The lowest BCUT2D eigenvalue weighted by Gasteiger charge is -2.26. The molecule has 9 nitrogen and oxygen atoms in total. The van der Waals surface area contributed by atoms with Crippen molar-refractivity contribution >= 4 is 59.8 Å². The molecule has 0 bridgehead atoms. The molecular formula is C34H27FN4O5S2. The third-order valence-electron chi connectivity index (χ3n) is 7.20. The molecule has 0 aliphatic rings. The molecule has 0 spiro atoms. The molecule has 12 heteroatoms. The number of anilines is 1. The fourth-order valence-corrected chi connectivity index (χ4v) is 7.38. The number of aromatic nitrogens is 1. The Morgan fingerprint density at radius 1 is 1.00 bits per heavy atom. The SMILES string of the molecule is CC(C)N(Cc1ccccc1)S(=O)(=O)c1ccc(C(=O)N(/N=C/c2coc3ccccc3c2=O)c2nc3ccc(F)cc3s2)cc1. The van der Waals surface area contributed by atoms with Crippen LogP contribution in [0.25, 0.3) is 21.2 Å². The van der Waals surface area contributed by atoms with Gasteiger partial charge in [0.05, 0.1) is 32.3 Å². The zero-order chi connectivity index (χ0) is 32.4. The number of para-hydroxylation sites is 1. The summed E-state index contributed by atoms with van der Waals surface area (Å²) in [5, 5.41) is 5.79. The lowest BCUT2D eigenvalue weighted by Crippen LogP contribution is -2.36. The second-order valence-electron chi connectivity index (χ2n) is 10.6. The fourth-order valence-electron chi connectivity index (χ4n) is 4.80. The van der Waals surface area contributed by atoms with Crippen molar-refractivity contribution in [1.29, 1.82) is 0 Å². The molecule has 46 heavy (non-hydrogen) atoms. The van der Waals surface area contributed by atoms with Gasteiger partial charge >= 0.3 is 0 Å². The van der Waals surface area contributed by atoms with E-state index >= 15 is 0 Å². The number of hydrogen-bond acceptors (Lipinski definition) is 8. The molecule has 0 saturated carbocycles. The molecular weight excluding hydrogens is 628 g/mol. The number of fused-ring (bicyclic) bond motifs is 2. The van der Waals surface area contributed by atoms with Crippen LogP contribution in [0.5, 0.6) is 0 Å². The highest BCUT2D eigenvalue weighted by molar-refractivity contribution is 7.89. The number of halogens is 1. The Morgan fingerprint density at radius 3 is 2.46 bits per heavy atom. The smallest absolute Gasteiger partial charge is 0.280 e. The summed E-state index contributed by atoms with van der Waals surface area (Å²) in [6, 6.07) is 25.3. The molecule has 0 N–H and O–H groups in total. The topological polar surface area (TPSA) is 113 Å². The summed E-state index contributed by atoms with van der Waals surface area (Å²) >= 11 is 1.04. The van der Waals surface area contributed by atoms with E-state index in [-0.39, 0.29) is 39.2 Å². The van der Waals surface area contributed by atoms with Gasteiger partial charge in [0.1, 0.15) is 17.7 Å². The minimum atomic E-state index is -3.92. The van der Waals surface area contributed by atoms with E-state index in [1.165, 1.54) is 59.2 Å². The predicted octanol–water partition coefficient (Wildman–Crippen LogP) is 6.82. The van der Waals surface area contributed by atoms with Gasteiger partial charge in [-0.15, -0.1) is 0 Å². The monoisotopic (exact) mass is 654 g/mol. The first-order valence-corrected chi connectivity index (χ1v) is 16.5. The first-order valence-electron chi connectivity index (χ1n) is 14.2. The molecule has 0 fully saturated rings. The van der Waals surface area contributed by atoms with E-state index in [1.807, 2.05) is 30.3 Å². The number of rotatable bonds is 9. The number of hydrogen-bond donors (Lipinski definition) is 0. The fraction of sp³-hybridized carbons (Fsp3) is 0.118. The third kappa shape index (κ3) is 6.23. The molecule has 1 amide bonds. The number of benzene rings is 4. The summed E-state index contributed by atoms with van der Waals surface area (Å²) in [5.41, 5.74) is 1.57. The van der Waals surface area contributed by atoms with E-state index in [1.54, 1.807) is 38.1 Å². The van der Waals surface area contributed by atoms with Crippen LogP contribution < -0.4 is 10.4 Å². The molecule has 2 aromatic heterocycles. The molecule has 0 atom stereocenters. The van der Waals surface area contributed by atoms with Crippen molar-refractivity contribution in [3.8, 4) is 0 Å². The van der Waals surface area contributed by atoms with E-state index in [0.717, 1.165) is 21.9 Å². The minimum Gasteiger partial charge on any atom is -0.463 e. The third-order valence-corrected chi connectivity index (χ3v) is 10.2. The number of sulfonamides is 1. The summed E-state index contributed by atoms with van der Waals surface area (Å²) in [6.45, 7) is 3.79. The summed E-state index contributed by atoms with van der Waals surface area (Å²) in [6.07, 6.45) is 2.45. The van der Waals surface area contributed by atoms with Crippen LogP contribution in [0, 0.1) is 5.82 Å². The number of thiazole rings is 1. The maximum absolute atomic E-state index is 13.9. The van der Waals surface area contributed by atoms with Gasteiger partial charge in [0.2, 0.25) is 20.6 Å². The van der Waals surface area contributed by atoms with Crippen molar-refractivity contribution in [3.63, 3.8) is 0 Å². The molecule has 0 saturated heterocycles. The van der Waals surface area contributed by atoms with Gasteiger partial charge in [-0.1, -0.05) is 53.8 Å². The summed E-state index contributed by atoms with van der Waals surface area (Å²) in [7, 11) is -3.92. The van der Waals surface area contributed by atoms with Crippen LogP contribution in [0.3, 0.4) is 0 Å². The van der Waals surface area contributed by atoms with Crippen molar-refractivity contribution in [2.45, 2.75) is 31.3 Å². The van der Waals surface area contributed by atoms with Gasteiger partial charge in [-0.3, -0.25) is 9.59 Å². The second-order valence-corrected chi connectivity index (χ2v) is 13.5. The molecule has 4 aromatic carbocycles. The highest BCUT2D eigenvalue weighted by Gasteiger charge is 2.28. The highest BCUT2D eigenvalue weighted by atomic mass is 32.2. The average Bonchev–Trinajstić information content (AvgIpc) is 3.48. The van der Waals surface area contributed by atoms with Gasteiger partial charge in [-0.2, -0.15) is 14.4 Å². The van der Waals surface area contributed by atoms with Crippen molar-refractivity contribution in [3.05, 3.63) is 136 Å². The van der Waals surface area contributed by atoms with E-state index in [9.17, 15) is 22.4 Å². The largest absolute Gasteiger partial charge is 0.463 e. The van der Waals surface area contributed by atoms with E-state index < -0.39 is 21.7 Å². The Balaban J connectivity index is 1.35. The molecule has 0 aliphatic carbocycles. The first-order chi connectivity index (χ1) is 22.1. The van der Waals surface area contributed by atoms with Gasteiger partial charge in [0.15, 0.2) is 0 Å². The van der Waals surface area contributed by atoms with Crippen molar-refractivity contribution in [2.75, 3.05) is 5.01 Å². The second kappa shape index (κ2) is 12.8. The molecule has 2 heterocycles. The maximum atomic E-state index is 13.9. The number of hydrazone groups is 1. The molecule has 0 aliphatic heterocycles. The molecule has 6 rings (SSSR count). The Bertz CT molecular complexity index is 2250. The zero-order valence-corrected chi connectivity index (χ0v) is 26.3. The number of carbonyl (C=O) groups is 1. The van der Waals surface area contributed by atoms with Crippen LogP contribution in [0.2, 0.25) is 0 Å². The predicted molar refractivity (Wildman–Crippen MR) is 177 cm³/mol. The minimum absolute atomic E-state index is 0.0213. The van der Waals surface area contributed by atoms with Crippen LogP contribution in [0.4, 0.5) is 9.52 Å². The van der Waals surface area contributed by atoms with Crippen molar-refractivity contribution in [2.24, 2.45) is 5.10 Å². The highest BCUT2D eigenvalue weighted by Crippen LogP contribution is 2.31. The van der Waals surface area contributed by atoms with Crippen LogP contribution in [0.1, 0.15) is 35.3 Å². The molecule has 232 valence electrons. The Kier molecular flexibility index (Phi) is 8.59. The summed E-state index contributed by atoms with van der Waals surface area (Å²) in [4.78, 5) is 31.5. The zero-order valence-electron chi connectivity index (χ0n) is 24.7. The number of nitrogens with zero attached hydrogens (tertiary/aromatic N) is 4. The molecule has 0 unspecified atom stereocenters. The van der Waals surface area contributed by atoms with Crippen LogP contribution in [-0.4, -0.2) is 35.9 Å². The maximum Gasteiger partial charge on any atom is 0.280 e. The number of amides is 1. The Hall–Kier alpha value is -5.04. The standard InChI is InChI=1S/C34H27FN4O5S2/c1-22(2)38(20-23-8-4-3-5-9-23)46(42,43)27-15-12-24(13-16-27)33(41)39(34-37-29-17-14-26(35)18-31(29)45-34)36-19-25-21-44-30-11-7-6-10-28(30)32(25)40/h3-19,21-22H,20H2,1-2H3/b36-19+. The van der Waals surface area contributed by atoms with E-state index in [0.29, 0.717) is 21.2 Å². The quantitative estimate of drug-likeness (QED) is 0.125. The van der Waals surface area contributed by atoms with E-state index in [4.69, 9.17) is 4.42 Å². The van der Waals surface area contributed by atoms with Gasteiger partial charge in [-0.05, 0) is 74.0 Å². The van der Waals surface area contributed by atoms with Crippen molar-refractivity contribution < 1.29 is 22.0 Å². The lowest BCUT2D eigenvalue weighted by molar-refractivity contribution is 0.0987. The first kappa shape index (κ1) is 31.0. The number of carbonyl (C=O) groups excluding carboxylic acids is 1. The van der Waals surface area contributed by atoms with Crippen LogP contribution >= 0.6 is 11.3 Å². The van der Waals surface area contributed by atoms with E-state index in [2.05, 4.69) is 10.1 Å².